The topological polar surface area (TPSA) is 105 Å². The van der Waals surface area contributed by atoms with Gasteiger partial charge in [-0.3, -0.25) is 4.90 Å². The highest BCUT2D eigenvalue weighted by Crippen LogP contribution is 2.33. The molecule has 2 N–H and O–H groups in total. The normalized spacial score (nSPS) is 16.0. The summed E-state index contributed by atoms with van der Waals surface area (Å²) in [6, 6.07) is 12.0. The van der Waals surface area contributed by atoms with Gasteiger partial charge in [0.15, 0.2) is 0 Å². The van der Waals surface area contributed by atoms with E-state index in [4.69, 9.17) is 26.2 Å². The van der Waals surface area contributed by atoms with Gasteiger partial charge < -0.3 is 19.9 Å². The van der Waals surface area contributed by atoms with Crippen molar-refractivity contribution in [3.05, 3.63) is 81.5 Å². The SMILES string of the molecule is COCCOC(=O)C1=C(C)N(Cc2ccc(C(=O)O)cc2)C(=O)NC1c1cccc(Cl)c1. The molecule has 1 atom stereocenters. The molecular weight excluding hydrogens is 436 g/mol. The number of amides is 2. The molecule has 8 nitrogen and oxygen atoms in total. The molecule has 3 rings (SSSR count). The van der Waals surface area contributed by atoms with E-state index in [0.717, 1.165) is 0 Å². The summed E-state index contributed by atoms with van der Waals surface area (Å²) in [6.07, 6.45) is 0. The van der Waals surface area contributed by atoms with Crippen LogP contribution >= 0.6 is 11.6 Å². The molecule has 2 aromatic rings. The van der Waals surface area contributed by atoms with Crippen molar-refractivity contribution < 1.29 is 29.0 Å². The number of allylic oxidation sites excluding steroid dienone is 1. The van der Waals surface area contributed by atoms with Crippen molar-refractivity contribution in [3.8, 4) is 0 Å². The van der Waals surface area contributed by atoms with E-state index >= 15 is 0 Å². The fourth-order valence-electron chi connectivity index (χ4n) is 3.40. The number of nitrogens with zero attached hydrogens (tertiary/aromatic N) is 1. The number of hydrogen-bond acceptors (Lipinski definition) is 5. The Balaban J connectivity index is 1.96. The van der Waals surface area contributed by atoms with Crippen molar-refractivity contribution in [2.75, 3.05) is 20.3 Å². The molecule has 2 amide bonds. The minimum atomic E-state index is -1.03. The molecular formula is C23H23ClN2O6. The molecule has 0 aromatic heterocycles. The molecule has 0 saturated carbocycles. The zero-order chi connectivity index (χ0) is 23.3. The first-order valence-electron chi connectivity index (χ1n) is 9.84. The molecule has 0 spiro atoms. The summed E-state index contributed by atoms with van der Waals surface area (Å²) in [5, 5.41) is 12.4. The van der Waals surface area contributed by atoms with E-state index in [1.165, 1.54) is 24.1 Å². The third-order valence-corrected chi connectivity index (χ3v) is 5.30. The van der Waals surface area contributed by atoms with Crippen LogP contribution in [0.4, 0.5) is 4.79 Å². The van der Waals surface area contributed by atoms with Crippen LogP contribution in [-0.4, -0.2) is 48.3 Å². The van der Waals surface area contributed by atoms with Gasteiger partial charge in [-0.2, -0.15) is 0 Å². The lowest BCUT2D eigenvalue weighted by Gasteiger charge is -2.35. The van der Waals surface area contributed by atoms with E-state index in [-0.39, 0.29) is 30.9 Å². The minimum absolute atomic E-state index is 0.0684. The van der Waals surface area contributed by atoms with Gasteiger partial charge in [-0.05, 0) is 42.3 Å². The Morgan fingerprint density at radius 2 is 1.88 bits per heavy atom. The van der Waals surface area contributed by atoms with Crippen molar-refractivity contribution in [2.24, 2.45) is 0 Å². The molecule has 0 bridgehead atoms. The van der Waals surface area contributed by atoms with Gasteiger partial charge in [0, 0.05) is 17.8 Å². The number of rotatable bonds is 8. The van der Waals surface area contributed by atoms with E-state index in [9.17, 15) is 14.4 Å². The van der Waals surface area contributed by atoms with Crippen molar-refractivity contribution in [2.45, 2.75) is 19.5 Å². The third-order valence-electron chi connectivity index (χ3n) is 5.06. The molecule has 0 fully saturated rings. The number of carboxylic acids is 1. The van der Waals surface area contributed by atoms with Crippen LogP contribution in [0.1, 0.15) is 34.5 Å². The number of esters is 1. The average molecular weight is 459 g/mol. The molecule has 9 heteroatoms. The first-order valence-corrected chi connectivity index (χ1v) is 10.2. The van der Waals surface area contributed by atoms with Crippen molar-refractivity contribution in [1.82, 2.24) is 10.2 Å². The number of methoxy groups -OCH3 is 1. The molecule has 1 heterocycles. The summed E-state index contributed by atoms with van der Waals surface area (Å²) in [7, 11) is 1.51. The van der Waals surface area contributed by atoms with Gasteiger partial charge in [0.2, 0.25) is 0 Å². The van der Waals surface area contributed by atoms with Crippen LogP contribution in [0.5, 0.6) is 0 Å². The largest absolute Gasteiger partial charge is 0.478 e. The number of carbonyl (C=O) groups excluding carboxylic acids is 2. The van der Waals surface area contributed by atoms with Crippen LogP contribution < -0.4 is 5.32 Å². The minimum Gasteiger partial charge on any atom is -0.478 e. The highest BCUT2D eigenvalue weighted by Gasteiger charge is 2.36. The second kappa shape index (κ2) is 10.3. The van der Waals surface area contributed by atoms with E-state index in [1.807, 2.05) is 0 Å². The molecule has 0 radical (unpaired) electrons. The predicted molar refractivity (Wildman–Crippen MR) is 117 cm³/mol. The summed E-state index contributed by atoms with van der Waals surface area (Å²) in [6.45, 7) is 2.13. The summed E-state index contributed by atoms with van der Waals surface area (Å²) < 4.78 is 10.3. The maximum atomic E-state index is 13.0. The zero-order valence-electron chi connectivity index (χ0n) is 17.6. The van der Waals surface area contributed by atoms with E-state index < -0.39 is 24.0 Å². The van der Waals surface area contributed by atoms with Gasteiger partial charge in [-0.15, -0.1) is 0 Å². The van der Waals surface area contributed by atoms with E-state index in [1.54, 1.807) is 43.3 Å². The summed E-state index contributed by atoms with van der Waals surface area (Å²) >= 11 is 6.12. The van der Waals surface area contributed by atoms with Gasteiger partial charge in [0.05, 0.1) is 30.3 Å². The second-order valence-corrected chi connectivity index (χ2v) is 7.59. The maximum absolute atomic E-state index is 13.0. The highest BCUT2D eigenvalue weighted by atomic mass is 35.5. The number of ether oxygens (including phenoxy) is 2. The molecule has 0 saturated heterocycles. The molecule has 0 aliphatic carbocycles. The fourth-order valence-corrected chi connectivity index (χ4v) is 3.60. The molecule has 1 unspecified atom stereocenters. The van der Waals surface area contributed by atoms with Crippen LogP contribution in [-0.2, 0) is 20.8 Å². The summed E-state index contributed by atoms with van der Waals surface area (Å²) in [5.41, 5.74) is 2.22. The molecule has 1 aliphatic heterocycles. The highest BCUT2D eigenvalue weighted by molar-refractivity contribution is 6.30. The number of carbonyl (C=O) groups is 3. The lowest BCUT2D eigenvalue weighted by molar-refractivity contribution is -0.140. The maximum Gasteiger partial charge on any atom is 0.338 e. The quantitative estimate of drug-likeness (QED) is 0.461. The second-order valence-electron chi connectivity index (χ2n) is 7.15. The number of aromatic carboxylic acids is 1. The van der Waals surface area contributed by atoms with Crippen molar-refractivity contribution >= 4 is 29.6 Å². The molecule has 32 heavy (non-hydrogen) atoms. The Morgan fingerprint density at radius 3 is 2.50 bits per heavy atom. The first-order chi connectivity index (χ1) is 15.3. The summed E-state index contributed by atoms with van der Waals surface area (Å²) in [4.78, 5) is 38.4. The number of halogens is 1. The monoisotopic (exact) mass is 458 g/mol. The smallest absolute Gasteiger partial charge is 0.338 e. The van der Waals surface area contributed by atoms with E-state index in [2.05, 4.69) is 5.32 Å². The lowest BCUT2D eigenvalue weighted by atomic mass is 9.94. The average Bonchev–Trinajstić information content (AvgIpc) is 2.76. The van der Waals surface area contributed by atoms with Crippen LogP contribution in [0.2, 0.25) is 5.02 Å². The number of urea groups is 1. The van der Waals surface area contributed by atoms with Gasteiger partial charge >= 0.3 is 18.0 Å². The predicted octanol–water partition coefficient (Wildman–Crippen LogP) is 3.77. The third kappa shape index (κ3) is 5.27. The Morgan fingerprint density at radius 1 is 1.16 bits per heavy atom. The first kappa shape index (κ1) is 23.3. The van der Waals surface area contributed by atoms with Crippen molar-refractivity contribution in [3.63, 3.8) is 0 Å². The Labute approximate surface area is 190 Å². The molecule has 2 aromatic carbocycles. The number of nitrogens with one attached hydrogen (secondary N) is 1. The van der Waals surface area contributed by atoms with Crippen LogP contribution in [0.3, 0.4) is 0 Å². The van der Waals surface area contributed by atoms with Crippen molar-refractivity contribution in [1.29, 1.82) is 0 Å². The number of benzene rings is 2. The Hall–Kier alpha value is -3.36. The number of hydrogen-bond donors (Lipinski definition) is 2. The zero-order valence-corrected chi connectivity index (χ0v) is 18.4. The lowest BCUT2D eigenvalue weighted by Crippen LogP contribution is -2.47. The van der Waals surface area contributed by atoms with E-state index in [0.29, 0.717) is 21.8 Å². The molecule has 168 valence electrons. The fraction of sp³-hybridized carbons (Fsp3) is 0.261. The number of carboxylic acid groups (broad SMARTS) is 1. The Kier molecular flexibility index (Phi) is 7.50. The van der Waals surface area contributed by atoms with Gasteiger partial charge in [-0.1, -0.05) is 35.9 Å². The molecule has 1 aliphatic rings. The van der Waals surface area contributed by atoms with Crippen LogP contribution in [0.25, 0.3) is 0 Å². The van der Waals surface area contributed by atoms with Gasteiger partial charge in [-0.25, -0.2) is 14.4 Å². The van der Waals surface area contributed by atoms with Gasteiger partial charge in [0.25, 0.3) is 0 Å². The Bertz CT molecular complexity index is 1050. The van der Waals surface area contributed by atoms with Crippen LogP contribution in [0, 0.1) is 0 Å². The van der Waals surface area contributed by atoms with Crippen LogP contribution in [0.15, 0.2) is 59.8 Å². The van der Waals surface area contributed by atoms with Gasteiger partial charge in [0.1, 0.15) is 6.61 Å². The standard InChI is InChI=1S/C23H23ClN2O6/c1-14-19(22(29)32-11-10-31-2)20(17-4-3-5-18(24)12-17)25-23(30)26(14)13-15-6-8-16(9-7-15)21(27)28/h3-9,12,20H,10-11,13H2,1-2H3,(H,25,30)(H,27,28). The summed E-state index contributed by atoms with van der Waals surface area (Å²) in [5.74, 6) is -1.61.